The third kappa shape index (κ3) is 5.05. The van der Waals surface area contributed by atoms with Crippen LogP contribution in [-0.4, -0.2) is 18.9 Å². The predicted octanol–water partition coefficient (Wildman–Crippen LogP) is 3.32. The molecule has 1 aromatic heterocycles. The second-order valence-corrected chi connectivity index (χ2v) is 7.01. The molecule has 0 radical (unpaired) electrons. The van der Waals surface area contributed by atoms with Gasteiger partial charge in [0.1, 0.15) is 11.3 Å². The number of fused-ring (bicyclic) bond motifs is 1. The van der Waals surface area contributed by atoms with E-state index < -0.39 is 5.63 Å². The molecule has 1 heterocycles. The first-order valence-electron chi connectivity index (χ1n) is 9.61. The van der Waals surface area contributed by atoms with Crippen LogP contribution in [0.15, 0.2) is 51.7 Å². The SMILES string of the molecule is COc1ccc2c(C)c(CCC(=O)NCc3ccc(NC(C)=O)cc3)c(=O)oc2c1. The van der Waals surface area contributed by atoms with Gasteiger partial charge in [-0.05, 0) is 48.7 Å². The number of hydrogen-bond acceptors (Lipinski definition) is 5. The number of benzene rings is 2. The zero-order chi connectivity index (χ0) is 21.7. The quantitative estimate of drug-likeness (QED) is 0.585. The second kappa shape index (κ2) is 9.26. The Labute approximate surface area is 174 Å². The molecule has 3 rings (SSSR count). The summed E-state index contributed by atoms with van der Waals surface area (Å²) in [7, 11) is 1.55. The highest BCUT2D eigenvalue weighted by Gasteiger charge is 2.13. The molecule has 2 amide bonds. The van der Waals surface area contributed by atoms with Gasteiger partial charge in [0.2, 0.25) is 11.8 Å². The zero-order valence-electron chi connectivity index (χ0n) is 17.2. The molecule has 7 nitrogen and oxygen atoms in total. The Morgan fingerprint density at radius 3 is 2.50 bits per heavy atom. The van der Waals surface area contributed by atoms with E-state index in [1.807, 2.05) is 31.2 Å². The standard InChI is InChI=1S/C23H24N2O5/c1-14-19-9-8-18(29-3)12-21(19)30-23(28)20(14)10-11-22(27)24-13-16-4-6-17(7-5-16)25-15(2)26/h4-9,12H,10-11,13H2,1-3H3,(H,24,27)(H,25,26). The molecule has 3 aromatic rings. The number of carbonyl (C=O) groups is 2. The molecular formula is C23H24N2O5. The van der Waals surface area contributed by atoms with Crippen molar-refractivity contribution in [2.45, 2.75) is 33.2 Å². The number of anilines is 1. The summed E-state index contributed by atoms with van der Waals surface area (Å²) in [5.74, 6) is 0.320. The van der Waals surface area contributed by atoms with E-state index in [4.69, 9.17) is 9.15 Å². The Morgan fingerprint density at radius 1 is 1.10 bits per heavy atom. The maximum absolute atomic E-state index is 12.4. The Morgan fingerprint density at radius 2 is 1.83 bits per heavy atom. The highest BCUT2D eigenvalue weighted by atomic mass is 16.5. The number of aryl methyl sites for hydroxylation is 1. The van der Waals surface area contributed by atoms with Crippen LogP contribution in [0.3, 0.4) is 0 Å². The van der Waals surface area contributed by atoms with E-state index in [0.717, 1.165) is 16.5 Å². The Hall–Kier alpha value is -3.61. The van der Waals surface area contributed by atoms with E-state index in [-0.39, 0.29) is 18.2 Å². The van der Waals surface area contributed by atoms with Gasteiger partial charge in [0.25, 0.3) is 0 Å². The predicted molar refractivity (Wildman–Crippen MR) is 115 cm³/mol. The van der Waals surface area contributed by atoms with Crippen molar-refractivity contribution in [2.75, 3.05) is 12.4 Å². The van der Waals surface area contributed by atoms with Crippen LogP contribution >= 0.6 is 0 Å². The lowest BCUT2D eigenvalue weighted by Gasteiger charge is -2.10. The fourth-order valence-electron chi connectivity index (χ4n) is 3.23. The van der Waals surface area contributed by atoms with Gasteiger partial charge >= 0.3 is 5.63 Å². The zero-order valence-corrected chi connectivity index (χ0v) is 17.2. The van der Waals surface area contributed by atoms with Crippen molar-refractivity contribution in [3.8, 4) is 5.75 Å². The highest BCUT2D eigenvalue weighted by Crippen LogP contribution is 2.24. The number of rotatable bonds is 7. The Balaban J connectivity index is 1.61. The summed E-state index contributed by atoms with van der Waals surface area (Å²) in [5.41, 5.74) is 2.96. The lowest BCUT2D eigenvalue weighted by Crippen LogP contribution is -2.24. The minimum Gasteiger partial charge on any atom is -0.497 e. The molecule has 0 unspecified atom stereocenters. The van der Waals surface area contributed by atoms with Crippen LogP contribution in [-0.2, 0) is 22.6 Å². The van der Waals surface area contributed by atoms with E-state index in [9.17, 15) is 14.4 Å². The van der Waals surface area contributed by atoms with E-state index in [2.05, 4.69) is 10.6 Å². The van der Waals surface area contributed by atoms with Gasteiger partial charge in [-0.25, -0.2) is 4.79 Å². The number of hydrogen-bond donors (Lipinski definition) is 2. The van der Waals surface area contributed by atoms with Crippen molar-refractivity contribution in [3.05, 3.63) is 69.6 Å². The minimum atomic E-state index is -0.436. The van der Waals surface area contributed by atoms with Crippen molar-refractivity contribution in [2.24, 2.45) is 0 Å². The molecule has 7 heteroatoms. The van der Waals surface area contributed by atoms with Crippen molar-refractivity contribution < 1.29 is 18.7 Å². The van der Waals surface area contributed by atoms with Crippen molar-refractivity contribution in [1.29, 1.82) is 0 Å². The first-order chi connectivity index (χ1) is 14.4. The monoisotopic (exact) mass is 408 g/mol. The van der Waals surface area contributed by atoms with E-state index >= 15 is 0 Å². The van der Waals surface area contributed by atoms with E-state index in [1.54, 1.807) is 25.3 Å². The summed E-state index contributed by atoms with van der Waals surface area (Å²) in [6.07, 6.45) is 0.473. The molecule has 0 aliphatic heterocycles. The summed E-state index contributed by atoms with van der Waals surface area (Å²) in [6.45, 7) is 3.67. The molecule has 0 saturated heterocycles. The number of methoxy groups -OCH3 is 1. The van der Waals surface area contributed by atoms with Crippen molar-refractivity contribution >= 4 is 28.5 Å². The fraction of sp³-hybridized carbons (Fsp3) is 0.261. The van der Waals surface area contributed by atoms with Crippen LogP contribution in [0.2, 0.25) is 0 Å². The fourth-order valence-corrected chi connectivity index (χ4v) is 3.23. The minimum absolute atomic E-state index is 0.136. The average molecular weight is 408 g/mol. The van der Waals surface area contributed by atoms with Crippen LogP contribution < -0.4 is 21.0 Å². The third-order valence-corrected chi connectivity index (χ3v) is 4.86. The van der Waals surface area contributed by atoms with Crippen LogP contribution in [0.5, 0.6) is 5.75 Å². The number of nitrogens with one attached hydrogen (secondary N) is 2. The highest BCUT2D eigenvalue weighted by molar-refractivity contribution is 5.88. The summed E-state index contributed by atoms with van der Waals surface area (Å²) in [6, 6.07) is 12.6. The maximum atomic E-state index is 12.4. The van der Waals surface area contributed by atoms with Crippen LogP contribution in [0.4, 0.5) is 5.69 Å². The van der Waals surface area contributed by atoms with Crippen LogP contribution in [0.1, 0.15) is 30.0 Å². The van der Waals surface area contributed by atoms with Crippen molar-refractivity contribution in [1.82, 2.24) is 5.32 Å². The van der Waals surface area contributed by atoms with Gasteiger partial charge in [0, 0.05) is 42.6 Å². The molecule has 0 aliphatic rings. The Bertz CT molecular complexity index is 1130. The lowest BCUT2D eigenvalue weighted by atomic mass is 10.0. The van der Waals surface area contributed by atoms with Crippen LogP contribution in [0, 0.1) is 6.92 Å². The normalized spacial score (nSPS) is 10.6. The number of ether oxygens (including phenoxy) is 1. The molecule has 0 aliphatic carbocycles. The topological polar surface area (TPSA) is 97.6 Å². The second-order valence-electron chi connectivity index (χ2n) is 7.01. The first-order valence-corrected chi connectivity index (χ1v) is 9.61. The molecule has 0 saturated carbocycles. The number of amides is 2. The van der Waals surface area contributed by atoms with Gasteiger partial charge in [-0.15, -0.1) is 0 Å². The van der Waals surface area contributed by atoms with Gasteiger partial charge in [0.05, 0.1) is 7.11 Å². The number of carbonyl (C=O) groups excluding carboxylic acids is 2. The van der Waals surface area contributed by atoms with Gasteiger partial charge < -0.3 is 19.8 Å². The molecule has 156 valence electrons. The summed E-state index contributed by atoms with van der Waals surface area (Å²) in [5, 5.41) is 6.36. The van der Waals surface area contributed by atoms with Gasteiger partial charge in [-0.2, -0.15) is 0 Å². The van der Waals surface area contributed by atoms with E-state index in [1.165, 1.54) is 6.92 Å². The molecule has 30 heavy (non-hydrogen) atoms. The summed E-state index contributed by atoms with van der Waals surface area (Å²) >= 11 is 0. The summed E-state index contributed by atoms with van der Waals surface area (Å²) in [4.78, 5) is 35.7. The molecular weight excluding hydrogens is 384 g/mol. The van der Waals surface area contributed by atoms with E-state index in [0.29, 0.717) is 35.5 Å². The molecule has 2 N–H and O–H groups in total. The summed E-state index contributed by atoms with van der Waals surface area (Å²) < 4.78 is 10.6. The van der Waals surface area contributed by atoms with Gasteiger partial charge in [0.15, 0.2) is 0 Å². The van der Waals surface area contributed by atoms with Crippen molar-refractivity contribution in [3.63, 3.8) is 0 Å². The maximum Gasteiger partial charge on any atom is 0.339 e. The third-order valence-electron chi connectivity index (χ3n) is 4.86. The van der Waals surface area contributed by atoms with Gasteiger partial charge in [-0.1, -0.05) is 12.1 Å². The molecule has 2 aromatic carbocycles. The van der Waals surface area contributed by atoms with Gasteiger partial charge in [-0.3, -0.25) is 9.59 Å². The molecule has 0 spiro atoms. The molecule has 0 bridgehead atoms. The smallest absolute Gasteiger partial charge is 0.339 e. The Kier molecular flexibility index (Phi) is 6.51. The largest absolute Gasteiger partial charge is 0.497 e. The van der Waals surface area contributed by atoms with Crippen LogP contribution in [0.25, 0.3) is 11.0 Å². The average Bonchev–Trinajstić information content (AvgIpc) is 2.72. The molecule has 0 atom stereocenters. The first kappa shape index (κ1) is 21.1. The molecule has 0 fully saturated rings. The lowest BCUT2D eigenvalue weighted by molar-refractivity contribution is -0.121.